The van der Waals surface area contributed by atoms with Gasteiger partial charge in [-0.15, -0.1) is 0 Å². The highest BCUT2D eigenvalue weighted by Gasteiger charge is 2.14. The fraction of sp³-hybridized carbons (Fsp3) is 0.0769. The number of anilines is 2. The highest BCUT2D eigenvalue weighted by Crippen LogP contribution is 2.23. The molecule has 0 atom stereocenters. The lowest BCUT2D eigenvalue weighted by molar-refractivity contribution is 0.600. The van der Waals surface area contributed by atoms with E-state index in [2.05, 4.69) is 20.7 Å². The third kappa shape index (κ3) is 3.71. The summed E-state index contributed by atoms with van der Waals surface area (Å²) in [6.07, 6.45) is 0. The Bertz CT molecular complexity index is 633. The molecule has 0 aromatic heterocycles. The molecule has 0 bridgehead atoms. The Kier molecular flexibility index (Phi) is 4.11. The summed E-state index contributed by atoms with van der Waals surface area (Å²) in [7, 11) is -3.49. The second-order valence-electron chi connectivity index (χ2n) is 4.04. The van der Waals surface area contributed by atoms with E-state index in [1.165, 1.54) is 0 Å². The fourth-order valence-corrected chi connectivity index (χ4v) is 3.39. The number of halogens is 1. The van der Waals surface area contributed by atoms with Crippen LogP contribution < -0.4 is 10.5 Å². The molecule has 0 saturated carbocycles. The second-order valence-corrected chi connectivity index (χ2v) is 6.62. The molecule has 0 unspecified atom stereocenters. The van der Waals surface area contributed by atoms with Gasteiger partial charge in [0.1, 0.15) is 0 Å². The summed E-state index contributed by atoms with van der Waals surface area (Å²) >= 11 is 3.30. The highest BCUT2D eigenvalue weighted by atomic mass is 79.9. The number of hydrogen-bond donors (Lipinski definition) is 2. The monoisotopic (exact) mass is 340 g/mol. The van der Waals surface area contributed by atoms with Gasteiger partial charge in [0.2, 0.25) is 10.0 Å². The molecule has 3 N–H and O–H groups in total. The molecule has 2 aromatic rings. The van der Waals surface area contributed by atoms with Crippen LogP contribution in [0.25, 0.3) is 0 Å². The molecule has 2 aromatic carbocycles. The zero-order chi connectivity index (χ0) is 13.9. The first kappa shape index (κ1) is 13.9. The zero-order valence-electron chi connectivity index (χ0n) is 10.0. The predicted molar refractivity (Wildman–Crippen MR) is 81.2 cm³/mol. The van der Waals surface area contributed by atoms with Crippen LogP contribution in [-0.2, 0) is 15.8 Å². The molecule has 4 nitrogen and oxygen atoms in total. The first-order valence-electron chi connectivity index (χ1n) is 5.56. The molecule has 6 heteroatoms. The van der Waals surface area contributed by atoms with Crippen LogP contribution in [0.1, 0.15) is 5.56 Å². The van der Waals surface area contributed by atoms with Crippen molar-refractivity contribution < 1.29 is 8.42 Å². The lowest BCUT2D eigenvalue weighted by atomic mass is 10.2. The maximum absolute atomic E-state index is 12.1. The minimum atomic E-state index is -3.49. The number of nitrogens with one attached hydrogen (secondary N) is 1. The van der Waals surface area contributed by atoms with Crippen LogP contribution in [0, 0.1) is 0 Å². The van der Waals surface area contributed by atoms with Crippen molar-refractivity contribution in [3.05, 3.63) is 58.6 Å². The molecule has 0 saturated heterocycles. The van der Waals surface area contributed by atoms with E-state index in [9.17, 15) is 8.42 Å². The fourth-order valence-electron chi connectivity index (χ4n) is 1.62. The molecule has 0 aliphatic carbocycles. The summed E-state index contributed by atoms with van der Waals surface area (Å²) in [5.74, 6) is -0.152. The largest absolute Gasteiger partial charge is 0.398 e. The summed E-state index contributed by atoms with van der Waals surface area (Å²) in [4.78, 5) is 0. The van der Waals surface area contributed by atoms with Crippen LogP contribution in [0.2, 0.25) is 0 Å². The van der Waals surface area contributed by atoms with E-state index in [1.54, 1.807) is 42.5 Å². The van der Waals surface area contributed by atoms with Crippen LogP contribution in [0.4, 0.5) is 11.4 Å². The summed E-state index contributed by atoms with van der Waals surface area (Å²) in [5, 5.41) is 0. The van der Waals surface area contributed by atoms with E-state index >= 15 is 0 Å². The van der Waals surface area contributed by atoms with Crippen molar-refractivity contribution in [1.29, 1.82) is 0 Å². The molecular formula is C13H13BrN2O2S. The van der Waals surface area contributed by atoms with Crippen molar-refractivity contribution in [2.24, 2.45) is 0 Å². The van der Waals surface area contributed by atoms with Crippen LogP contribution in [-0.4, -0.2) is 8.42 Å². The third-order valence-electron chi connectivity index (χ3n) is 2.54. The molecule has 0 fully saturated rings. The minimum absolute atomic E-state index is 0.152. The maximum Gasteiger partial charge on any atom is 0.237 e. The van der Waals surface area contributed by atoms with E-state index in [1.807, 2.05) is 6.07 Å². The van der Waals surface area contributed by atoms with Crippen molar-refractivity contribution in [3.63, 3.8) is 0 Å². The molecule has 0 amide bonds. The summed E-state index contributed by atoms with van der Waals surface area (Å²) in [5.41, 5.74) is 7.32. The number of sulfonamides is 1. The molecule has 0 aliphatic heterocycles. The molecule has 2 rings (SSSR count). The number of nitrogens with two attached hydrogens (primary N) is 1. The second kappa shape index (κ2) is 5.63. The number of hydrogen-bond acceptors (Lipinski definition) is 3. The van der Waals surface area contributed by atoms with Crippen molar-refractivity contribution in [1.82, 2.24) is 0 Å². The standard InChI is InChI=1S/C13H13BrN2O2S/c14-11-6-2-4-8-13(11)16-19(17,18)9-10-5-1-3-7-12(10)15/h1-8,16H,9,15H2. The lowest BCUT2D eigenvalue weighted by Crippen LogP contribution is -2.16. The number of rotatable bonds is 4. The maximum atomic E-state index is 12.1. The Hall–Kier alpha value is -1.53. The topological polar surface area (TPSA) is 72.2 Å². The predicted octanol–water partition coefficient (Wildman–Crippen LogP) is 2.97. The molecule has 100 valence electrons. The van der Waals surface area contributed by atoms with Crippen molar-refractivity contribution in [2.75, 3.05) is 10.5 Å². The van der Waals surface area contributed by atoms with Crippen LogP contribution in [0.15, 0.2) is 53.0 Å². The molecule has 0 aliphatic rings. The zero-order valence-corrected chi connectivity index (χ0v) is 12.4. The molecule has 0 spiro atoms. The van der Waals surface area contributed by atoms with Gasteiger partial charge in [-0.05, 0) is 39.7 Å². The van der Waals surface area contributed by atoms with Gasteiger partial charge in [0.05, 0.1) is 11.4 Å². The van der Waals surface area contributed by atoms with Gasteiger partial charge in [0.25, 0.3) is 0 Å². The van der Waals surface area contributed by atoms with Crippen molar-refractivity contribution >= 4 is 37.3 Å². The van der Waals surface area contributed by atoms with Gasteiger partial charge in [-0.2, -0.15) is 0 Å². The smallest absolute Gasteiger partial charge is 0.237 e. The molecule has 0 heterocycles. The van der Waals surface area contributed by atoms with E-state index in [0.717, 1.165) is 0 Å². The lowest BCUT2D eigenvalue weighted by Gasteiger charge is -2.10. The number of benzene rings is 2. The van der Waals surface area contributed by atoms with E-state index < -0.39 is 10.0 Å². The first-order valence-corrected chi connectivity index (χ1v) is 8.01. The third-order valence-corrected chi connectivity index (χ3v) is 4.45. The van der Waals surface area contributed by atoms with Gasteiger partial charge in [0, 0.05) is 10.2 Å². The number of para-hydroxylation sites is 2. The van der Waals surface area contributed by atoms with E-state index in [0.29, 0.717) is 21.4 Å². The Labute approximate surface area is 120 Å². The Balaban J connectivity index is 2.21. The summed E-state index contributed by atoms with van der Waals surface area (Å²) in [6.45, 7) is 0. The van der Waals surface area contributed by atoms with Crippen LogP contribution in [0.3, 0.4) is 0 Å². The first-order chi connectivity index (χ1) is 8.98. The van der Waals surface area contributed by atoms with Crippen molar-refractivity contribution in [2.45, 2.75) is 5.75 Å². The molecule has 19 heavy (non-hydrogen) atoms. The Morgan fingerprint density at radius 3 is 2.37 bits per heavy atom. The van der Waals surface area contributed by atoms with Crippen LogP contribution >= 0.6 is 15.9 Å². The van der Waals surface area contributed by atoms with Gasteiger partial charge in [0.15, 0.2) is 0 Å². The average Bonchev–Trinajstić information content (AvgIpc) is 2.35. The van der Waals surface area contributed by atoms with Crippen molar-refractivity contribution in [3.8, 4) is 0 Å². The van der Waals surface area contributed by atoms with Gasteiger partial charge in [-0.1, -0.05) is 30.3 Å². The van der Waals surface area contributed by atoms with Crippen LogP contribution in [0.5, 0.6) is 0 Å². The normalized spacial score (nSPS) is 11.2. The van der Waals surface area contributed by atoms with Gasteiger partial charge >= 0.3 is 0 Å². The number of nitrogen functional groups attached to an aromatic ring is 1. The minimum Gasteiger partial charge on any atom is -0.398 e. The Morgan fingerprint density at radius 1 is 1.05 bits per heavy atom. The Morgan fingerprint density at radius 2 is 1.68 bits per heavy atom. The van der Waals surface area contributed by atoms with Gasteiger partial charge in [-0.25, -0.2) is 8.42 Å². The average molecular weight is 341 g/mol. The van der Waals surface area contributed by atoms with Gasteiger partial charge < -0.3 is 5.73 Å². The quantitative estimate of drug-likeness (QED) is 0.840. The SMILES string of the molecule is Nc1ccccc1CS(=O)(=O)Nc1ccccc1Br. The molecule has 0 radical (unpaired) electrons. The highest BCUT2D eigenvalue weighted by molar-refractivity contribution is 9.10. The van der Waals surface area contributed by atoms with Gasteiger partial charge in [-0.3, -0.25) is 4.72 Å². The van der Waals surface area contributed by atoms with E-state index in [-0.39, 0.29) is 5.75 Å². The van der Waals surface area contributed by atoms with E-state index in [4.69, 9.17) is 5.73 Å². The summed E-state index contributed by atoms with van der Waals surface area (Å²) in [6, 6.07) is 14.0. The summed E-state index contributed by atoms with van der Waals surface area (Å²) < 4.78 is 27.4. The molecular weight excluding hydrogens is 328 g/mol.